The van der Waals surface area contributed by atoms with E-state index in [0.29, 0.717) is 0 Å². The van der Waals surface area contributed by atoms with Crippen LogP contribution in [-0.4, -0.2) is 109 Å². The number of nitrogens with zero attached hydrogens (tertiary/aromatic N) is 5. The quantitative estimate of drug-likeness (QED) is 0.0331. The summed E-state index contributed by atoms with van der Waals surface area (Å²) in [6.07, 6.45) is -2.16. The molecular formula is C21H28F3N6O13P3S2. The smallest absolute Gasteiger partial charge is 0.369 e. The molecule has 27 heteroatoms. The lowest BCUT2D eigenvalue weighted by molar-refractivity contribution is -0.173. The molecule has 3 heterocycles. The number of carbonyl (C=O) groups is 1. The van der Waals surface area contributed by atoms with E-state index in [4.69, 9.17) is 23.8 Å². The van der Waals surface area contributed by atoms with Crippen molar-refractivity contribution in [2.24, 2.45) is 4.99 Å². The van der Waals surface area contributed by atoms with Gasteiger partial charge >= 0.3 is 35.6 Å². The topological polar surface area (TPSA) is 254 Å². The van der Waals surface area contributed by atoms with E-state index >= 15 is 0 Å². The van der Waals surface area contributed by atoms with Gasteiger partial charge in [-0.05, 0) is 6.26 Å². The summed E-state index contributed by atoms with van der Waals surface area (Å²) in [5.74, 6) is 3.18. The molecule has 3 rings (SSSR count). The van der Waals surface area contributed by atoms with Crippen LogP contribution in [0.4, 0.5) is 19.0 Å². The average Bonchev–Trinajstić information content (AvgIpc) is 3.52. The summed E-state index contributed by atoms with van der Waals surface area (Å²) < 4.78 is 98.3. The predicted molar refractivity (Wildman–Crippen MR) is 164 cm³/mol. The SMILES string of the molecule is CSSCO[C@@H]1C[C@H](n2cc(C#CCNC(=O)C(F)(F)F)c3c(/N=C/N(C)C)ncnc32)O[C@@H]1COP(=O)(O)OP(=O)(O)OP(=O)(O)O. The van der Waals surface area contributed by atoms with Crippen molar-refractivity contribution in [3.63, 3.8) is 0 Å². The molecule has 1 amide bonds. The number of aliphatic imine (C=N–C) groups is 1. The monoisotopic (exact) mass is 786 g/mol. The van der Waals surface area contributed by atoms with E-state index in [-0.39, 0.29) is 34.8 Å². The number of ether oxygens (including phenoxy) is 2. The molecule has 48 heavy (non-hydrogen) atoms. The number of alkyl halides is 3. The highest BCUT2D eigenvalue weighted by molar-refractivity contribution is 8.76. The maximum Gasteiger partial charge on any atom is 0.490 e. The molecule has 19 nitrogen and oxygen atoms in total. The molecule has 5 N–H and O–H groups in total. The number of hydrogen-bond acceptors (Lipinski definition) is 14. The van der Waals surface area contributed by atoms with Gasteiger partial charge in [0.1, 0.15) is 30.2 Å². The van der Waals surface area contributed by atoms with Crippen molar-refractivity contribution in [1.82, 2.24) is 24.8 Å². The Kier molecular flexibility index (Phi) is 14.1. The number of nitrogens with one attached hydrogen (secondary N) is 1. The van der Waals surface area contributed by atoms with Crippen molar-refractivity contribution in [2.45, 2.75) is 31.0 Å². The van der Waals surface area contributed by atoms with Crippen LogP contribution in [0.1, 0.15) is 18.2 Å². The van der Waals surface area contributed by atoms with Gasteiger partial charge in [-0.25, -0.2) is 28.7 Å². The Morgan fingerprint density at radius 1 is 1.23 bits per heavy atom. The lowest BCUT2D eigenvalue weighted by atomic mass is 10.2. The molecule has 0 saturated carbocycles. The molecule has 0 aliphatic carbocycles. The summed E-state index contributed by atoms with van der Waals surface area (Å²) in [5.41, 5.74) is 0.392. The van der Waals surface area contributed by atoms with E-state index in [2.05, 4.69) is 35.4 Å². The van der Waals surface area contributed by atoms with E-state index in [9.17, 15) is 41.4 Å². The summed E-state index contributed by atoms with van der Waals surface area (Å²) in [6.45, 7) is -1.45. The fraction of sp³-hybridized carbons (Fsp3) is 0.524. The van der Waals surface area contributed by atoms with Gasteiger partial charge in [-0.3, -0.25) is 9.32 Å². The number of halogens is 3. The molecule has 1 saturated heterocycles. The van der Waals surface area contributed by atoms with E-state index in [1.165, 1.54) is 45.0 Å². The third-order valence-corrected chi connectivity index (χ3v) is 10.8. The summed E-state index contributed by atoms with van der Waals surface area (Å²) in [5, 5.41) is 1.91. The molecule has 268 valence electrons. The molecule has 0 radical (unpaired) electrons. The highest BCUT2D eigenvalue weighted by Gasteiger charge is 2.44. The maximum atomic E-state index is 12.6. The molecule has 1 fully saturated rings. The molecule has 1 aliphatic heterocycles. The molecule has 1 aliphatic rings. The Hall–Kier alpha value is -2.06. The molecule has 5 atom stereocenters. The third kappa shape index (κ3) is 12.4. The van der Waals surface area contributed by atoms with E-state index in [0.717, 1.165) is 0 Å². The zero-order chi connectivity index (χ0) is 35.9. The number of hydrogen-bond donors (Lipinski definition) is 5. The van der Waals surface area contributed by atoms with Crippen LogP contribution < -0.4 is 5.32 Å². The van der Waals surface area contributed by atoms with Gasteiger partial charge in [-0.2, -0.15) is 21.8 Å². The van der Waals surface area contributed by atoms with Crippen molar-refractivity contribution in [1.29, 1.82) is 0 Å². The van der Waals surface area contributed by atoms with Gasteiger partial charge < -0.3 is 43.8 Å². The minimum atomic E-state index is -5.77. The van der Waals surface area contributed by atoms with E-state index < -0.39 is 67.1 Å². The molecule has 0 aromatic carbocycles. The normalized spacial score (nSPS) is 21.1. The first-order valence-corrected chi connectivity index (χ1v) is 20.1. The molecule has 2 unspecified atom stereocenters. The highest BCUT2D eigenvalue weighted by Crippen LogP contribution is 2.66. The Balaban J connectivity index is 1.93. The zero-order valence-corrected chi connectivity index (χ0v) is 29.1. The number of rotatable bonds is 15. The second kappa shape index (κ2) is 16.8. The van der Waals surface area contributed by atoms with Crippen LogP contribution in [-0.2, 0) is 41.1 Å². The van der Waals surface area contributed by atoms with Crippen molar-refractivity contribution in [2.75, 3.05) is 39.4 Å². The standard InChI is InChI=1S/C21H28F3N6O13P3S2/c1-29(2)11-28-18-17-13(5-4-6-25-20(31)21(22,23)24)8-30(19(17)27-10-26-18)16-7-14(39-12-48-47-3)15(41-16)9-40-45(35,36)43-46(37,38)42-44(32,33)34/h8,10-11,14-16H,6-7,9,12H2,1-3H3,(H,25,31)(H,35,36)(H,37,38)(H2,32,33,34)/b28-11+/t14-,15-,16-/m1/s1. The van der Waals surface area contributed by atoms with Crippen LogP contribution in [0.5, 0.6) is 0 Å². The minimum Gasteiger partial charge on any atom is -0.369 e. The Morgan fingerprint density at radius 2 is 1.94 bits per heavy atom. The van der Waals surface area contributed by atoms with Gasteiger partial charge in [-0.15, -0.1) is 0 Å². The summed E-state index contributed by atoms with van der Waals surface area (Å²) in [7, 11) is -10.8. The second-order valence-corrected chi connectivity index (χ2v) is 16.3. The van der Waals surface area contributed by atoms with Crippen LogP contribution in [0.2, 0.25) is 0 Å². The second-order valence-electron chi connectivity index (χ2n) is 9.40. The van der Waals surface area contributed by atoms with Crippen LogP contribution >= 0.6 is 45.1 Å². The molecule has 0 spiro atoms. The lowest BCUT2D eigenvalue weighted by Gasteiger charge is -2.21. The number of aromatic nitrogens is 3. The highest BCUT2D eigenvalue weighted by atomic mass is 33.1. The summed E-state index contributed by atoms with van der Waals surface area (Å²) >= 11 is 0. The summed E-state index contributed by atoms with van der Waals surface area (Å²) in [6, 6.07) is 0. The van der Waals surface area contributed by atoms with E-state index in [1.54, 1.807) is 30.6 Å². The van der Waals surface area contributed by atoms with Gasteiger partial charge in [0.05, 0.1) is 36.5 Å². The van der Waals surface area contributed by atoms with Gasteiger partial charge in [0.15, 0.2) is 5.82 Å². The zero-order valence-electron chi connectivity index (χ0n) is 24.8. The predicted octanol–water partition coefficient (Wildman–Crippen LogP) is 2.67. The Bertz CT molecular complexity index is 1700. The van der Waals surface area contributed by atoms with Gasteiger partial charge in [-0.1, -0.05) is 33.4 Å². The summed E-state index contributed by atoms with van der Waals surface area (Å²) in [4.78, 5) is 62.3. The first-order chi connectivity index (χ1) is 22.2. The van der Waals surface area contributed by atoms with Crippen LogP contribution in [0.25, 0.3) is 11.0 Å². The lowest BCUT2D eigenvalue weighted by Crippen LogP contribution is -2.36. The van der Waals surface area contributed by atoms with Crippen LogP contribution in [0.15, 0.2) is 17.5 Å². The van der Waals surface area contributed by atoms with Crippen molar-refractivity contribution in [3.8, 4) is 11.8 Å². The van der Waals surface area contributed by atoms with Gasteiger partial charge in [0.25, 0.3) is 0 Å². The van der Waals surface area contributed by atoms with Crippen molar-refractivity contribution >= 4 is 74.2 Å². The van der Waals surface area contributed by atoms with Gasteiger partial charge in [0.2, 0.25) is 0 Å². The first kappa shape index (κ1) is 40.4. The number of phosphoric ester groups is 1. The van der Waals surface area contributed by atoms with Crippen molar-refractivity contribution < 1.29 is 73.9 Å². The first-order valence-electron chi connectivity index (χ1n) is 12.8. The molecule has 2 aromatic heterocycles. The van der Waals surface area contributed by atoms with Crippen LogP contribution in [0, 0.1) is 11.8 Å². The molecule has 0 bridgehead atoms. The number of amides is 1. The largest absolute Gasteiger partial charge is 0.490 e. The number of carbonyl (C=O) groups excluding carboxylic acids is 1. The average molecular weight is 787 g/mol. The molecule has 2 aromatic rings. The maximum absolute atomic E-state index is 12.6. The third-order valence-electron chi connectivity index (χ3n) is 5.57. The number of phosphoric acid groups is 3. The van der Waals surface area contributed by atoms with E-state index in [1.807, 2.05) is 0 Å². The van der Waals surface area contributed by atoms with Crippen molar-refractivity contribution in [3.05, 3.63) is 18.1 Å². The van der Waals surface area contributed by atoms with Crippen LogP contribution in [0.3, 0.4) is 0 Å². The fourth-order valence-corrected chi connectivity index (χ4v) is 7.66. The molecular weight excluding hydrogens is 758 g/mol. The minimum absolute atomic E-state index is 0.0535. The fourth-order valence-electron chi connectivity index (χ4n) is 3.85. The van der Waals surface area contributed by atoms with Gasteiger partial charge in [0, 0.05) is 26.7 Å². The Morgan fingerprint density at radius 3 is 2.56 bits per heavy atom. The Labute approximate surface area is 277 Å². The number of fused-ring (bicyclic) bond motifs is 1.